The van der Waals surface area contributed by atoms with E-state index in [0.717, 1.165) is 17.9 Å². The van der Waals surface area contributed by atoms with Crippen LogP contribution in [0.15, 0.2) is 69.9 Å². The van der Waals surface area contributed by atoms with Crippen LogP contribution in [0.25, 0.3) is 0 Å². The lowest BCUT2D eigenvalue weighted by Crippen LogP contribution is -1.98. The van der Waals surface area contributed by atoms with Gasteiger partial charge in [-0.25, -0.2) is 4.79 Å². The molecule has 0 spiro atoms. The number of carbonyl (C=O) groups is 1. The van der Waals surface area contributed by atoms with Crippen LogP contribution in [0.4, 0.5) is 11.4 Å². The average molecular weight is 441 g/mol. The van der Waals surface area contributed by atoms with Crippen LogP contribution >= 0.6 is 11.8 Å². The number of azo groups is 1. The highest BCUT2D eigenvalue weighted by molar-refractivity contribution is 8.13. The van der Waals surface area contributed by atoms with Crippen LogP contribution < -0.4 is 5.43 Å². The second kappa shape index (κ2) is 15.2. The molecule has 2 aromatic rings. The Balaban J connectivity index is 1.92. The van der Waals surface area contributed by atoms with E-state index in [4.69, 9.17) is 0 Å². The van der Waals surface area contributed by atoms with Gasteiger partial charge in [0.2, 0.25) is 5.17 Å². The van der Waals surface area contributed by atoms with Gasteiger partial charge in [0.15, 0.2) is 0 Å². The molecule has 0 aliphatic rings. The number of carboxylic acid groups (broad SMARTS) is 1. The Morgan fingerprint density at radius 3 is 2.26 bits per heavy atom. The summed E-state index contributed by atoms with van der Waals surface area (Å²) >= 11 is 1.53. The molecular weight excluding hydrogens is 408 g/mol. The quantitative estimate of drug-likeness (QED) is 0.110. The predicted octanol–water partition coefficient (Wildman–Crippen LogP) is 7.73. The SMILES string of the molecule is CCCCCCCCCCS/C(N=Nc1ccccc1C(=O)O)=N/Nc1ccccc1. The molecule has 0 amide bonds. The van der Waals surface area contributed by atoms with Gasteiger partial charge in [0.1, 0.15) is 5.69 Å². The first-order valence-electron chi connectivity index (χ1n) is 11.0. The molecular formula is C24H32N4O2S. The minimum Gasteiger partial charge on any atom is -0.478 e. The van der Waals surface area contributed by atoms with Gasteiger partial charge in [0.25, 0.3) is 0 Å². The Bertz CT molecular complexity index is 840. The molecule has 6 nitrogen and oxygen atoms in total. The second-order valence-corrected chi connectivity index (χ2v) is 8.28. The van der Waals surface area contributed by atoms with Gasteiger partial charge >= 0.3 is 5.97 Å². The standard InChI is InChI=1S/C24H32N4O2S/c1-2-3-4-5-6-7-8-14-19-31-24(27-25-20-15-10-9-11-16-20)28-26-22-18-13-12-17-21(22)23(29)30/h9-13,15-18,25H,2-8,14,19H2,1H3,(H,29,30)/b27-24+,28-26?. The topological polar surface area (TPSA) is 86.4 Å². The Morgan fingerprint density at radius 1 is 0.903 bits per heavy atom. The number of carboxylic acids is 1. The van der Waals surface area contributed by atoms with Crippen molar-refractivity contribution in [1.29, 1.82) is 0 Å². The number of thioether (sulfide) groups is 1. The summed E-state index contributed by atoms with van der Waals surface area (Å²) in [5.41, 5.74) is 4.29. The average Bonchev–Trinajstić information content (AvgIpc) is 2.80. The van der Waals surface area contributed by atoms with Crippen molar-refractivity contribution < 1.29 is 9.90 Å². The monoisotopic (exact) mass is 440 g/mol. The van der Waals surface area contributed by atoms with Crippen molar-refractivity contribution in [2.45, 2.75) is 58.3 Å². The lowest BCUT2D eigenvalue weighted by atomic mass is 10.1. The largest absolute Gasteiger partial charge is 0.478 e. The van der Waals surface area contributed by atoms with E-state index in [9.17, 15) is 9.90 Å². The molecule has 7 heteroatoms. The van der Waals surface area contributed by atoms with Crippen LogP contribution in [0.3, 0.4) is 0 Å². The molecule has 0 atom stereocenters. The van der Waals surface area contributed by atoms with E-state index in [-0.39, 0.29) is 5.56 Å². The normalized spacial score (nSPS) is 11.7. The summed E-state index contributed by atoms with van der Waals surface area (Å²) in [7, 11) is 0. The van der Waals surface area contributed by atoms with Crippen molar-refractivity contribution in [3.05, 3.63) is 60.2 Å². The van der Waals surface area contributed by atoms with E-state index >= 15 is 0 Å². The zero-order valence-electron chi connectivity index (χ0n) is 18.2. The fraction of sp³-hybridized carbons (Fsp3) is 0.417. The first-order chi connectivity index (χ1) is 15.2. The summed E-state index contributed by atoms with van der Waals surface area (Å²) in [6, 6.07) is 16.2. The summed E-state index contributed by atoms with van der Waals surface area (Å²) in [6.45, 7) is 2.24. The molecule has 0 radical (unpaired) electrons. The maximum atomic E-state index is 11.4. The van der Waals surface area contributed by atoms with Crippen LogP contribution in [-0.2, 0) is 0 Å². The molecule has 31 heavy (non-hydrogen) atoms. The second-order valence-electron chi connectivity index (χ2n) is 7.22. The first-order valence-corrected chi connectivity index (χ1v) is 11.9. The molecule has 0 bridgehead atoms. The van der Waals surface area contributed by atoms with Gasteiger partial charge < -0.3 is 5.11 Å². The molecule has 0 saturated heterocycles. The summed E-state index contributed by atoms with van der Waals surface area (Å²) in [5, 5.41) is 22.6. The molecule has 0 aliphatic carbocycles. The van der Waals surface area contributed by atoms with Gasteiger partial charge in [0, 0.05) is 5.75 Å². The summed E-state index contributed by atoms with van der Waals surface area (Å²) in [5.74, 6) is -0.133. The van der Waals surface area contributed by atoms with Crippen molar-refractivity contribution in [2.24, 2.45) is 15.3 Å². The fourth-order valence-electron chi connectivity index (χ4n) is 2.95. The number of hydrazone groups is 1. The van der Waals surface area contributed by atoms with Crippen molar-refractivity contribution in [2.75, 3.05) is 11.2 Å². The molecule has 0 aliphatic heterocycles. The number of amidine groups is 1. The number of nitrogens with zero attached hydrogens (tertiary/aromatic N) is 3. The fourth-order valence-corrected chi connectivity index (χ4v) is 3.69. The molecule has 0 unspecified atom stereocenters. The van der Waals surface area contributed by atoms with Crippen molar-refractivity contribution >= 4 is 34.3 Å². The highest BCUT2D eigenvalue weighted by Gasteiger charge is 2.09. The van der Waals surface area contributed by atoms with E-state index in [1.165, 1.54) is 62.8 Å². The van der Waals surface area contributed by atoms with Gasteiger partial charge in [-0.15, -0.1) is 15.3 Å². The van der Waals surface area contributed by atoms with Crippen LogP contribution in [0.2, 0.25) is 0 Å². The zero-order valence-corrected chi connectivity index (χ0v) is 19.0. The Labute approximate surface area is 189 Å². The molecule has 0 saturated carbocycles. The molecule has 2 aromatic carbocycles. The van der Waals surface area contributed by atoms with Crippen molar-refractivity contribution in [3.63, 3.8) is 0 Å². The van der Waals surface area contributed by atoms with Crippen LogP contribution in [0, 0.1) is 0 Å². The summed E-state index contributed by atoms with van der Waals surface area (Å²) in [4.78, 5) is 11.4. The molecule has 166 valence electrons. The lowest BCUT2D eigenvalue weighted by Gasteiger charge is -2.04. The highest BCUT2D eigenvalue weighted by Crippen LogP contribution is 2.21. The van der Waals surface area contributed by atoms with Gasteiger partial charge in [0.05, 0.1) is 11.3 Å². The third kappa shape index (κ3) is 10.3. The first kappa shape index (κ1) is 24.6. The molecule has 0 heterocycles. The minimum absolute atomic E-state index is 0.120. The van der Waals surface area contributed by atoms with E-state index in [2.05, 4.69) is 27.7 Å². The number of unbranched alkanes of at least 4 members (excludes halogenated alkanes) is 7. The number of nitrogens with one attached hydrogen (secondary N) is 1. The maximum absolute atomic E-state index is 11.4. The van der Waals surface area contributed by atoms with E-state index in [0.29, 0.717) is 10.9 Å². The van der Waals surface area contributed by atoms with Crippen LogP contribution in [0.1, 0.15) is 68.6 Å². The van der Waals surface area contributed by atoms with Gasteiger partial charge in [-0.2, -0.15) is 0 Å². The highest BCUT2D eigenvalue weighted by atomic mass is 32.2. The smallest absolute Gasteiger partial charge is 0.337 e. The van der Waals surface area contributed by atoms with Crippen molar-refractivity contribution in [1.82, 2.24) is 0 Å². The van der Waals surface area contributed by atoms with Crippen molar-refractivity contribution in [3.8, 4) is 0 Å². The zero-order chi connectivity index (χ0) is 22.2. The molecule has 2 N–H and O–H groups in total. The number of rotatable bonds is 13. The molecule has 2 rings (SSSR count). The van der Waals surface area contributed by atoms with Crippen LogP contribution in [-0.4, -0.2) is 22.0 Å². The van der Waals surface area contributed by atoms with Crippen LogP contribution in [0.5, 0.6) is 0 Å². The van der Waals surface area contributed by atoms with Gasteiger partial charge in [-0.3, -0.25) is 5.43 Å². The third-order valence-electron chi connectivity index (χ3n) is 4.66. The Kier molecular flexibility index (Phi) is 12.0. The third-order valence-corrected chi connectivity index (χ3v) is 5.59. The van der Waals surface area contributed by atoms with Gasteiger partial charge in [-0.1, -0.05) is 94.0 Å². The van der Waals surface area contributed by atoms with E-state index < -0.39 is 5.97 Å². The summed E-state index contributed by atoms with van der Waals surface area (Å²) in [6.07, 6.45) is 10.1. The maximum Gasteiger partial charge on any atom is 0.337 e. The Hall–Kier alpha value is -2.67. The molecule has 0 fully saturated rings. The predicted molar refractivity (Wildman–Crippen MR) is 130 cm³/mol. The van der Waals surface area contributed by atoms with E-state index in [1.54, 1.807) is 18.2 Å². The number of para-hydroxylation sites is 1. The lowest BCUT2D eigenvalue weighted by molar-refractivity contribution is 0.0697. The number of hydrogen-bond donors (Lipinski definition) is 2. The number of aromatic carboxylic acids is 1. The van der Waals surface area contributed by atoms with Gasteiger partial charge in [-0.05, 0) is 30.7 Å². The number of hydrogen-bond acceptors (Lipinski definition) is 5. The summed E-state index contributed by atoms with van der Waals surface area (Å²) < 4.78 is 0. The minimum atomic E-state index is -1.03. The molecule has 0 aromatic heterocycles. The number of benzene rings is 2. The Morgan fingerprint density at radius 2 is 1.55 bits per heavy atom. The number of anilines is 1. The van der Waals surface area contributed by atoms with E-state index in [1.807, 2.05) is 30.3 Å².